The number of carbonyl (C=O) groups is 2. The number of nitrogens with zero attached hydrogens (tertiary/aromatic N) is 1. The quantitative estimate of drug-likeness (QED) is 0.354. The Morgan fingerprint density at radius 3 is 2.46 bits per heavy atom. The molecule has 0 saturated carbocycles. The van der Waals surface area contributed by atoms with E-state index in [2.05, 4.69) is 9.17 Å². The molecule has 8 nitrogen and oxygen atoms in total. The van der Waals surface area contributed by atoms with E-state index in [1.54, 1.807) is 20.8 Å². The molecule has 0 spiro atoms. The maximum atomic E-state index is 12.7. The minimum atomic E-state index is -4.59. The zero-order valence-corrected chi connectivity index (χ0v) is 21.4. The summed E-state index contributed by atoms with van der Waals surface area (Å²) in [5, 5.41) is -0.214. The van der Waals surface area contributed by atoms with E-state index in [1.807, 2.05) is 0 Å². The molecule has 14 heteroatoms. The van der Waals surface area contributed by atoms with E-state index < -0.39 is 45.4 Å². The summed E-state index contributed by atoms with van der Waals surface area (Å²) in [5.74, 6) is -1.66. The molecule has 0 aliphatic heterocycles. The van der Waals surface area contributed by atoms with Gasteiger partial charge in [0.05, 0.1) is 16.3 Å². The molecule has 35 heavy (non-hydrogen) atoms. The number of esters is 1. The van der Waals surface area contributed by atoms with Gasteiger partial charge in [-0.2, -0.15) is 21.6 Å². The van der Waals surface area contributed by atoms with Gasteiger partial charge in [-0.3, -0.25) is 14.6 Å². The molecule has 0 saturated heterocycles. The summed E-state index contributed by atoms with van der Waals surface area (Å²) >= 11 is 6.65. The van der Waals surface area contributed by atoms with Gasteiger partial charge in [0.25, 0.3) is 0 Å². The van der Waals surface area contributed by atoms with Gasteiger partial charge >= 0.3 is 28.2 Å². The highest BCUT2D eigenvalue weighted by Gasteiger charge is 2.31. The minimum Gasteiger partial charge on any atom is -0.459 e. The Kier molecular flexibility index (Phi) is 9.31. The van der Waals surface area contributed by atoms with Crippen molar-refractivity contribution in [2.24, 2.45) is 5.73 Å². The second kappa shape index (κ2) is 11.2. The van der Waals surface area contributed by atoms with Crippen LogP contribution in [-0.4, -0.2) is 37.0 Å². The fourth-order valence-electron chi connectivity index (χ4n) is 2.67. The van der Waals surface area contributed by atoms with Crippen molar-refractivity contribution >= 4 is 45.0 Å². The number of halogens is 4. The summed E-state index contributed by atoms with van der Waals surface area (Å²) in [4.78, 5) is 28.0. The maximum absolute atomic E-state index is 12.7. The van der Waals surface area contributed by atoms with Crippen molar-refractivity contribution in [3.8, 4) is 0 Å². The van der Waals surface area contributed by atoms with Crippen molar-refractivity contribution < 1.29 is 40.1 Å². The lowest BCUT2D eigenvalue weighted by atomic mass is 10.1. The van der Waals surface area contributed by atoms with Crippen LogP contribution >= 0.6 is 22.9 Å². The van der Waals surface area contributed by atoms with Crippen molar-refractivity contribution in [3.05, 3.63) is 45.6 Å². The first-order valence-electron chi connectivity index (χ1n) is 10.2. The Hall–Kier alpha value is -2.22. The molecule has 2 N–H and O–H groups in total. The van der Waals surface area contributed by atoms with Crippen molar-refractivity contribution in [1.29, 1.82) is 0 Å². The SMILES string of the molecule is CC(C)(C)OC(=O)C(N)CCCC(=O)OS(=O)(=O)c1ccc(Cc2ncc(C(F)(F)F)cc2Cl)s1. The summed E-state index contributed by atoms with van der Waals surface area (Å²) < 4.78 is 72.5. The smallest absolute Gasteiger partial charge is 0.417 e. The molecule has 194 valence electrons. The van der Waals surface area contributed by atoms with Crippen molar-refractivity contribution in [2.75, 3.05) is 0 Å². The lowest BCUT2D eigenvalue weighted by Crippen LogP contribution is -2.37. The third-order valence-electron chi connectivity index (χ3n) is 4.28. The van der Waals surface area contributed by atoms with Crippen LogP contribution in [0.2, 0.25) is 5.02 Å². The molecule has 0 amide bonds. The number of alkyl halides is 3. The number of carbonyl (C=O) groups excluding carboxylic acids is 2. The number of thiophene rings is 1. The molecule has 2 heterocycles. The maximum Gasteiger partial charge on any atom is 0.417 e. The van der Waals surface area contributed by atoms with E-state index in [-0.39, 0.29) is 40.6 Å². The van der Waals surface area contributed by atoms with Gasteiger partial charge in [0.1, 0.15) is 11.6 Å². The molecule has 2 aromatic rings. The third-order valence-corrected chi connectivity index (χ3v) is 7.38. The zero-order valence-electron chi connectivity index (χ0n) is 19.0. The Morgan fingerprint density at radius 2 is 1.89 bits per heavy atom. The third kappa shape index (κ3) is 9.06. The lowest BCUT2D eigenvalue weighted by molar-refractivity contribution is -0.156. The van der Waals surface area contributed by atoms with Crippen LogP contribution in [0.1, 0.15) is 56.2 Å². The molecule has 0 aliphatic carbocycles. The van der Waals surface area contributed by atoms with Crippen LogP contribution in [0.25, 0.3) is 0 Å². The Labute approximate surface area is 209 Å². The highest BCUT2D eigenvalue weighted by atomic mass is 35.5. The van der Waals surface area contributed by atoms with Crippen LogP contribution in [-0.2, 0) is 41.2 Å². The molecular weight excluding hydrogens is 533 g/mol. The van der Waals surface area contributed by atoms with Crippen molar-refractivity contribution in [3.63, 3.8) is 0 Å². The van der Waals surface area contributed by atoms with Gasteiger partial charge in [-0.15, -0.1) is 11.3 Å². The van der Waals surface area contributed by atoms with Crippen molar-refractivity contribution in [2.45, 2.75) is 68.5 Å². The van der Waals surface area contributed by atoms with Gasteiger partial charge in [-0.25, -0.2) is 0 Å². The fraction of sp³-hybridized carbons (Fsp3) is 0.476. The van der Waals surface area contributed by atoms with E-state index in [0.717, 1.165) is 17.4 Å². The molecule has 0 fully saturated rings. The Morgan fingerprint density at radius 1 is 1.23 bits per heavy atom. The standard InChI is InChI=1S/C21H24ClF3N2O6S2/c1-20(2,3)32-19(29)15(26)5-4-6-17(28)33-35(30,31)18-8-7-13(34-18)10-16-14(22)9-12(11-27-16)21(23,24)25/h7-9,11,15H,4-6,10,26H2,1-3H3. The normalized spacial score (nSPS) is 13.4. The van der Waals surface area contributed by atoms with E-state index in [1.165, 1.54) is 12.1 Å². The first-order chi connectivity index (χ1) is 16.0. The summed E-state index contributed by atoms with van der Waals surface area (Å²) in [6.07, 6.45) is -4.07. The highest BCUT2D eigenvalue weighted by Crippen LogP contribution is 2.32. The van der Waals surface area contributed by atoms with Gasteiger partial charge in [-0.05, 0) is 51.8 Å². The molecular formula is C21H24ClF3N2O6S2. The topological polar surface area (TPSA) is 126 Å². The number of hydrogen-bond acceptors (Lipinski definition) is 9. The van der Waals surface area contributed by atoms with Gasteiger partial charge in [-0.1, -0.05) is 11.6 Å². The van der Waals surface area contributed by atoms with Crippen LogP contribution in [0, 0.1) is 0 Å². The summed E-state index contributed by atoms with van der Waals surface area (Å²) in [6, 6.07) is 2.40. The van der Waals surface area contributed by atoms with Gasteiger partial charge < -0.3 is 14.7 Å². The predicted molar refractivity (Wildman–Crippen MR) is 122 cm³/mol. The average molecular weight is 557 g/mol. The Balaban J connectivity index is 1.93. The fourth-order valence-corrected chi connectivity index (χ4v) is 5.12. The molecule has 1 atom stereocenters. The van der Waals surface area contributed by atoms with Crippen LogP contribution in [0.3, 0.4) is 0 Å². The minimum absolute atomic E-state index is 0.0202. The Bertz CT molecular complexity index is 1180. The largest absolute Gasteiger partial charge is 0.459 e. The van der Waals surface area contributed by atoms with Gasteiger partial charge in [0, 0.05) is 23.9 Å². The van der Waals surface area contributed by atoms with E-state index in [0.29, 0.717) is 11.1 Å². The molecule has 0 radical (unpaired) electrons. The number of ether oxygens (including phenoxy) is 1. The summed E-state index contributed by atoms with van der Waals surface area (Å²) in [7, 11) is -4.41. The zero-order chi connectivity index (χ0) is 26.6. The van der Waals surface area contributed by atoms with E-state index in [9.17, 15) is 31.2 Å². The molecule has 2 aromatic heterocycles. The number of aromatic nitrogens is 1. The van der Waals surface area contributed by atoms with Gasteiger partial charge in [0.2, 0.25) is 0 Å². The average Bonchev–Trinajstić information content (AvgIpc) is 3.16. The number of hydrogen-bond donors (Lipinski definition) is 1. The summed E-state index contributed by atoms with van der Waals surface area (Å²) in [6.45, 7) is 5.05. The highest BCUT2D eigenvalue weighted by molar-refractivity contribution is 7.89. The second-order valence-electron chi connectivity index (χ2n) is 8.49. The van der Waals surface area contributed by atoms with E-state index >= 15 is 0 Å². The van der Waals surface area contributed by atoms with Crippen LogP contribution < -0.4 is 5.73 Å². The van der Waals surface area contributed by atoms with Gasteiger partial charge in [0.15, 0.2) is 4.21 Å². The van der Waals surface area contributed by atoms with Crippen LogP contribution in [0.4, 0.5) is 13.2 Å². The van der Waals surface area contributed by atoms with Crippen molar-refractivity contribution in [1.82, 2.24) is 4.98 Å². The summed E-state index contributed by atoms with van der Waals surface area (Å²) in [5.41, 5.74) is 4.14. The monoisotopic (exact) mass is 556 g/mol. The lowest BCUT2D eigenvalue weighted by Gasteiger charge is -2.22. The molecule has 0 bridgehead atoms. The van der Waals surface area contributed by atoms with Crippen LogP contribution in [0.5, 0.6) is 0 Å². The van der Waals surface area contributed by atoms with Crippen LogP contribution in [0.15, 0.2) is 28.6 Å². The van der Waals surface area contributed by atoms with E-state index in [4.69, 9.17) is 22.1 Å². The number of rotatable bonds is 9. The first kappa shape index (κ1) is 29.0. The molecule has 1 unspecified atom stereocenters. The predicted octanol–water partition coefficient (Wildman–Crippen LogP) is 4.48. The molecule has 0 aliphatic rings. The number of nitrogens with two attached hydrogens (primary N) is 1. The molecule has 2 rings (SSSR count). The molecule has 0 aromatic carbocycles. The first-order valence-corrected chi connectivity index (χ1v) is 12.8. The second-order valence-corrected chi connectivity index (χ2v) is 11.8. The number of pyridine rings is 1.